The molecule has 193 valence electrons. The molecule has 1 radical (unpaired) electrons. The zero-order chi connectivity index (χ0) is 25.2. The summed E-state index contributed by atoms with van der Waals surface area (Å²) in [7, 11) is -2.17. The van der Waals surface area contributed by atoms with Gasteiger partial charge in [-0.3, -0.25) is 0 Å². The molecule has 0 heterocycles. The molecule has 0 saturated heterocycles. The Balaban J connectivity index is 0.000000919. The summed E-state index contributed by atoms with van der Waals surface area (Å²) in [6, 6.07) is 27.2. The predicted molar refractivity (Wildman–Crippen MR) is 155 cm³/mol. The van der Waals surface area contributed by atoms with Crippen molar-refractivity contribution in [2.45, 2.75) is 52.0 Å². The maximum absolute atomic E-state index is 6.30. The van der Waals surface area contributed by atoms with Gasteiger partial charge in [0.1, 0.15) is 0 Å². The average Bonchev–Trinajstić information content (AvgIpc) is 3.35. The van der Waals surface area contributed by atoms with E-state index in [0.717, 1.165) is 13.0 Å². The van der Waals surface area contributed by atoms with Gasteiger partial charge in [-0.25, -0.2) is 0 Å². The minimum absolute atomic E-state index is 0. The van der Waals surface area contributed by atoms with Crippen molar-refractivity contribution in [3.8, 4) is 0 Å². The maximum atomic E-state index is 6.30. The van der Waals surface area contributed by atoms with Crippen molar-refractivity contribution in [3.05, 3.63) is 94.7 Å². The number of benzene rings is 3. The van der Waals surface area contributed by atoms with Gasteiger partial charge in [0.15, 0.2) is 8.32 Å². The number of fused-ring (bicyclic) bond motifs is 4. The molecule has 0 saturated carbocycles. The van der Waals surface area contributed by atoms with Crippen LogP contribution in [0.1, 0.15) is 36.0 Å². The van der Waals surface area contributed by atoms with Crippen LogP contribution in [0.4, 0.5) is 0 Å². The van der Waals surface area contributed by atoms with Gasteiger partial charge in [-0.2, -0.15) is 0 Å². The summed E-state index contributed by atoms with van der Waals surface area (Å²) in [4.78, 5) is 0. The monoisotopic (exact) mass is 640 g/mol. The van der Waals surface area contributed by atoms with Gasteiger partial charge in [-0.15, -0.1) is 33.7 Å². The first-order valence-electron chi connectivity index (χ1n) is 12.6. The fraction of sp³-hybridized carbons (Fsp3) is 0.290. The molecule has 1 nitrogen and oxygen atoms in total. The summed E-state index contributed by atoms with van der Waals surface area (Å²) in [5, 5.41) is 7.17. The number of rotatable bonds is 6. The first-order chi connectivity index (χ1) is 16.8. The molecule has 1 aliphatic carbocycles. The molecule has 1 aliphatic rings. The van der Waals surface area contributed by atoms with Crippen LogP contribution in [0.25, 0.3) is 27.1 Å². The quantitative estimate of drug-likeness (QED) is 0.232. The third-order valence-corrected chi connectivity index (χ3v) is 9.38. The number of hydrogen-bond donors (Lipinski definition) is 0. The Morgan fingerprint density at radius 2 is 1.49 bits per heavy atom. The van der Waals surface area contributed by atoms with Gasteiger partial charge in [0.2, 0.25) is 0 Å². The molecule has 0 aromatic heterocycles. The Hall–Kier alpha value is -1.00. The molecule has 6 heteroatoms. The van der Waals surface area contributed by atoms with Crippen LogP contribution in [0, 0.1) is 0 Å². The molecule has 0 fully saturated rings. The zero-order valence-corrected chi connectivity index (χ0v) is 28.6. The Morgan fingerprint density at radius 3 is 2.16 bits per heavy atom. The van der Waals surface area contributed by atoms with E-state index in [1.54, 1.807) is 10.8 Å². The van der Waals surface area contributed by atoms with Crippen LogP contribution in [0.5, 0.6) is 0 Å². The van der Waals surface area contributed by atoms with E-state index in [-0.39, 0.29) is 24.8 Å². The topological polar surface area (TPSA) is 9.23 Å². The van der Waals surface area contributed by atoms with Gasteiger partial charge in [-0.05, 0) is 42.8 Å². The van der Waals surface area contributed by atoms with Crippen LogP contribution in [0.3, 0.4) is 0 Å². The molecule has 0 aliphatic heterocycles. The summed E-state index contributed by atoms with van der Waals surface area (Å²) in [6.07, 6.45) is 1.02. The van der Waals surface area contributed by atoms with Gasteiger partial charge < -0.3 is 29.2 Å². The van der Waals surface area contributed by atoms with Crippen molar-refractivity contribution in [2.24, 2.45) is 0 Å². The van der Waals surface area contributed by atoms with E-state index >= 15 is 0 Å². The van der Waals surface area contributed by atoms with Crippen LogP contribution in [-0.2, 0) is 28.7 Å². The second-order valence-corrected chi connectivity index (χ2v) is 18.9. The second kappa shape index (κ2) is 13.9. The molecular formula is C31H36Cl2OSi2Zr-. The second-order valence-electron chi connectivity index (χ2n) is 10.5. The van der Waals surface area contributed by atoms with E-state index in [1.807, 2.05) is 6.92 Å². The molecule has 0 spiro atoms. The van der Waals surface area contributed by atoms with Crippen LogP contribution >= 0.6 is 0 Å². The minimum Gasteiger partial charge on any atom is -1.00 e. The van der Waals surface area contributed by atoms with Gasteiger partial charge in [0.05, 0.1) is 8.80 Å². The molecule has 4 aromatic carbocycles. The summed E-state index contributed by atoms with van der Waals surface area (Å²) in [5.74, 6) is 0.359. The fourth-order valence-corrected chi connectivity index (χ4v) is 7.86. The normalized spacial score (nSPS) is 14.7. The first kappa shape index (κ1) is 32.2. The van der Waals surface area contributed by atoms with Gasteiger partial charge in [0.25, 0.3) is 0 Å². The predicted octanol–water partition coefficient (Wildman–Crippen LogP) is 2.51. The molecule has 1 unspecified atom stereocenters. The third-order valence-electron chi connectivity index (χ3n) is 6.64. The molecule has 5 rings (SSSR count). The smallest absolute Gasteiger partial charge is 0.183 e. The van der Waals surface area contributed by atoms with E-state index in [4.69, 9.17) is 4.43 Å². The van der Waals surface area contributed by atoms with Crippen molar-refractivity contribution in [2.75, 3.05) is 6.61 Å². The van der Waals surface area contributed by atoms with E-state index in [2.05, 4.69) is 109 Å². The van der Waals surface area contributed by atoms with Gasteiger partial charge in [-0.1, -0.05) is 84.5 Å². The Kier molecular flexibility index (Phi) is 12.1. The molecular weight excluding hydrogens is 607 g/mol. The summed E-state index contributed by atoms with van der Waals surface area (Å²) < 4.78 is 8.39. The minimum atomic E-state index is -1.52. The van der Waals surface area contributed by atoms with Gasteiger partial charge >= 0.3 is 34.9 Å². The van der Waals surface area contributed by atoms with Crippen LogP contribution in [0.2, 0.25) is 32.7 Å². The summed E-state index contributed by atoms with van der Waals surface area (Å²) >= 11 is 1.51. The largest absolute Gasteiger partial charge is 1.00 e. The van der Waals surface area contributed by atoms with Crippen molar-refractivity contribution in [3.63, 3.8) is 0 Å². The third kappa shape index (κ3) is 6.96. The van der Waals surface area contributed by atoms with Gasteiger partial charge in [0, 0.05) is 12.5 Å². The Bertz CT molecular complexity index is 1390. The Morgan fingerprint density at radius 1 is 0.892 bits per heavy atom. The van der Waals surface area contributed by atoms with Crippen molar-refractivity contribution >= 4 is 47.9 Å². The molecule has 1 atom stereocenters. The molecule has 4 aromatic rings. The average molecular weight is 643 g/mol. The number of halogens is 2. The summed E-state index contributed by atoms with van der Waals surface area (Å²) in [6.45, 7) is 14.6. The maximum Gasteiger partial charge on any atom is 0.183 e. The van der Waals surface area contributed by atoms with E-state index < -0.39 is 17.1 Å². The van der Waals surface area contributed by atoms with Crippen LogP contribution in [0.15, 0.2) is 78.0 Å². The van der Waals surface area contributed by atoms with Crippen molar-refractivity contribution in [1.82, 2.24) is 0 Å². The Labute approximate surface area is 252 Å². The first-order valence-corrected chi connectivity index (χ1v) is 19.9. The van der Waals surface area contributed by atoms with Crippen LogP contribution in [-0.4, -0.2) is 27.4 Å². The molecule has 0 N–H and O–H groups in total. The molecule has 0 bridgehead atoms. The number of allylic oxidation sites excluding steroid dienone is 1. The fourth-order valence-electron chi connectivity index (χ4n) is 5.39. The molecule has 37 heavy (non-hydrogen) atoms. The standard InChI is InChI=1S/C29H32OSi2.C2H4.2ClH.Zr/c1-31(2)29-26(17-18-30-32(3,4)5)23-13-8-9-14-24(23)28(29)25-16-10-15-22-21-12-7-6-11-20(21)19-27(22)25;1-2;;;/h6-16,19,28H,17-18H2,1-5H3;1H,2H3;2*1H;/q-1;;;;+2/p-2. The van der Waals surface area contributed by atoms with Crippen molar-refractivity contribution < 1.29 is 53.5 Å². The van der Waals surface area contributed by atoms with E-state index in [9.17, 15) is 0 Å². The number of hydrogen-bond acceptors (Lipinski definition) is 1. The zero-order valence-electron chi connectivity index (χ0n) is 22.7. The van der Waals surface area contributed by atoms with Crippen LogP contribution < -0.4 is 24.8 Å². The SMILES string of the molecule is C[CH]=[Zr+2].C[Si](C)C1=C(CCO[Si](C)(C)C)c2ccccc2C1c1cccc2c1[cH-]c1ccccc12.[Cl-].[Cl-]. The summed E-state index contributed by atoms with van der Waals surface area (Å²) in [5.41, 5.74) is 5.95. The van der Waals surface area contributed by atoms with E-state index in [0.29, 0.717) is 5.92 Å². The van der Waals surface area contributed by atoms with E-state index in [1.165, 1.54) is 62.5 Å². The van der Waals surface area contributed by atoms with Crippen molar-refractivity contribution in [1.29, 1.82) is 0 Å². The molecule has 0 amide bonds.